The largest absolute Gasteiger partial charge is 0.340 e. The van der Waals surface area contributed by atoms with Gasteiger partial charge in [-0.15, -0.1) is 0 Å². The van der Waals surface area contributed by atoms with Gasteiger partial charge in [0.25, 0.3) is 0 Å². The molecule has 0 amide bonds. The van der Waals surface area contributed by atoms with Crippen molar-refractivity contribution < 1.29 is 0 Å². The molecule has 0 saturated heterocycles. The molecule has 1 heterocycles. The number of fused-ring (bicyclic) bond motifs is 1. The summed E-state index contributed by atoms with van der Waals surface area (Å²) in [6.07, 6.45) is 3.93. The lowest BCUT2D eigenvalue weighted by atomic mass is 10.2. The second-order valence-corrected chi connectivity index (χ2v) is 9.30. The van der Waals surface area contributed by atoms with Crippen molar-refractivity contribution in [3.63, 3.8) is 0 Å². The highest BCUT2D eigenvalue weighted by Gasteiger charge is 2.07. The Kier molecular flexibility index (Phi) is 7.30. The zero-order valence-electron chi connectivity index (χ0n) is 19.2. The molecule has 0 unspecified atom stereocenters. The van der Waals surface area contributed by atoms with E-state index in [4.69, 9.17) is 22.2 Å². The number of thiocarbonyl (C=S) groups is 1. The maximum Gasteiger partial charge on any atom is 0.175 e. The molecule has 0 aliphatic heterocycles. The van der Waals surface area contributed by atoms with Crippen LogP contribution in [0.15, 0.2) is 108 Å². The quantitative estimate of drug-likeness (QED) is 0.185. The van der Waals surface area contributed by atoms with Crippen LogP contribution < -0.4 is 16.0 Å². The number of halogens is 1. The van der Waals surface area contributed by atoms with Crippen LogP contribution in [0.25, 0.3) is 23.1 Å². The molecule has 0 saturated carbocycles. The first-order valence-corrected chi connectivity index (χ1v) is 12.5. The maximum absolute atomic E-state index is 5.43. The summed E-state index contributed by atoms with van der Waals surface area (Å²) in [6.45, 7) is 0. The van der Waals surface area contributed by atoms with Gasteiger partial charge in [-0.1, -0.05) is 64.5 Å². The van der Waals surface area contributed by atoms with Gasteiger partial charge in [-0.3, -0.25) is 0 Å². The van der Waals surface area contributed by atoms with Crippen molar-refractivity contribution >= 4 is 79.2 Å². The van der Waals surface area contributed by atoms with Crippen LogP contribution >= 0.6 is 28.1 Å². The van der Waals surface area contributed by atoms with Crippen LogP contribution in [0.2, 0.25) is 0 Å². The summed E-state index contributed by atoms with van der Waals surface area (Å²) in [4.78, 5) is 9.49. The monoisotopic (exact) mass is 551 g/mol. The first-order chi connectivity index (χ1) is 17.6. The molecule has 0 aliphatic rings. The molecule has 0 atom stereocenters. The van der Waals surface area contributed by atoms with Gasteiger partial charge in [0.1, 0.15) is 5.82 Å². The maximum atomic E-state index is 5.43. The number of hydrogen-bond acceptors (Lipinski definition) is 4. The van der Waals surface area contributed by atoms with Crippen molar-refractivity contribution in [1.82, 2.24) is 9.97 Å². The fraction of sp³-hybridized carbons (Fsp3) is 0. The number of hydrogen-bond donors (Lipinski definition) is 3. The van der Waals surface area contributed by atoms with Gasteiger partial charge in [0.2, 0.25) is 0 Å². The van der Waals surface area contributed by atoms with Gasteiger partial charge in [-0.05, 0) is 84.5 Å². The molecule has 7 heteroatoms. The van der Waals surface area contributed by atoms with Crippen LogP contribution in [0.4, 0.5) is 22.9 Å². The van der Waals surface area contributed by atoms with Crippen LogP contribution in [0.5, 0.6) is 0 Å². The van der Waals surface area contributed by atoms with Crippen molar-refractivity contribution in [2.24, 2.45) is 0 Å². The van der Waals surface area contributed by atoms with E-state index in [1.807, 2.05) is 115 Å². The summed E-state index contributed by atoms with van der Waals surface area (Å²) in [5.41, 5.74) is 4.69. The summed E-state index contributed by atoms with van der Waals surface area (Å²) in [7, 11) is 0. The van der Waals surface area contributed by atoms with Crippen LogP contribution in [0.3, 0.4) is 0 Å². The Balaban J connectivity index is 1.33. The predicted octanol–water partition coefficient (Wildman–Crippen LogP) is 8.12. The molecule has 0 radical (unpaired) electrons. The minimum absolute atomic E-state index is 0.533. The topological polar surface area (TPSA) is 61.9 Å². The summed E-state index contributed by atoms with van der Waals surface area (Å²) in [5.74, 6) is 1.38. The van der Waals surface area contributed by atoms with Crippen LogP contribution in [-0.2, 0) is 0 Å². The third-order valence-electron chi connectivity index (χ3n) is 5.35. The lowest BCUT2D eigenvalue weighted by Gasteiger charge is -2.12. The van der Waals surface area contributed by atoms with Crippen LogP contribution in [0.1, 0.15) is 11.4 Å². The average molecular weight is 553 g/mol. The van der Waals surface area contributed by atoms with Crippen molar-refractivity contribution in [3.8, 4) is 0 Å². The van der Waals surface area contributed by atoms with E-state index in [0.717, 1.165) is 43.8 Å². The predicted molar refractivity (Wildman–Crippen MR) is 159 cm³/mol. The number of rotatable bonds is 6. The van der Waals surface area contributed by atoms with E-state index >= 15 is 0 Å². The molecule has 0 bridgehead atoms. The zero-order valence-corrected chi connectivity index (χ0v) is 21.6. The van der Waals surface area contributed by atoms with E-state index in [-0.39, 0.29) is 0 Å². The molecule has 0 fully saturated rings. The lowest BCUT2D eigenvalue weighted by Crippen LogP contribution is -2.18. The lowest BCUT2D eigenvalue weighted by molar-refractivity contribution is 1.18. The van der Waals surface area contributed by atoms with Crippen molar-refractivity contribution in [3.05, 3.63) is 119 Å². The van der Waals surface area contributed by atoms with Crippen LogP contribution in [-0.4, -0.2) is 15.1 Å². The van der Waals surface area contributed by atoms with Crippen LogP contribution in [0, 0.1) is 0 Å². The van der Waals surface area contributed by atoms with E-state index in [2.05, 4.69) is 31.9 Å². The molecule has 1 aromatic heterocycles. The number of para-hydroxylation sites is 2. The molecular weight excluding hydrogens is 530 g/mol. The summed E-state index contributed by atoms with van der Waals surface area (Å²) >= 11 is 8.89. The van der Waals surface area contributed by atoms with Gasteiger partial charge in [-0.2, -0.15) is 0 Å². The molecule has 0 spiro atoms. The molecule has 3 N–H and O–H groups in total. The normalized spacial score (nSPS) is 10.9. The average Bonchev–Trinajstić information content (AvgIpc) is 2.90. The highest BCUT2D eigenvalue weighted by molar-refractivity contribution is 9.10. The van der Waals surface area contributed by atoms with Gasteiger partial charge >= 0.3 is 0 Å². The Hall–Kier alpha value is -4.07. The second kappa shape index (κ2) is 11.1. The molecule has 5 aromatic rings. The third kappa shape index (κ3) is 6.13. The summed E-state index contributed by atoms with van der Waals surface area (Å²) in [6, 6.07) is 33.8. The summed E-state index contributed by atoms with van der Waals surface area (Å²) < 4.78 is 1.04. The number of benzene rings is 4. The van der Waals surface area contributed by atoms with Gasteiger partial charge < -0.3 is 16.0 Å². The number of aromatic nitrogens is 2. The van der Waals surface area contributed by atoms with Gasteiger partial charge in [-0.25, -0.2) is 9.97 Å². The highest BCUT2D eigenvalue weighted by atomic mass is 79.9. The Bertz CT molecular complexity index is 1520. The standard InChI is InChI=1S/C29H22BrN5S/c30-21-13-10-20(11-14-21)12-19-27-34-26-9-5-4-8-25(26)28(35-27)31-23-15-17-24(18-16-23)33-29(36)32-22-6-2-1-3-7-22/h1-19H,(H,31,34,35)(H2,32,33,36)/b19-12+. The van der Waals surface area contributed by atoms with Crippen molar-refractivity contribution in [1.29, 1.82) is 0 Å². The Morgan fingerprint density at radius 1 is 0.667 bits per heavy atom. The van der Waals surface area contributed by atoms with E-state index in [1.54, 1.807) is 0 Å². The third-order valence-corrected chi connectivity index (χ3v) is 6.09. The molecule has 176 valence electrons. The van der Waals surface area contributed by atoms with Gasteiger partial charge in [0.05, 0.1) is 5.52 Å². The van der Waals surface area contributed by atoms with Gasteiger partial charge in [0.15, 0.2) is 10.9 Å². The van der Waals surface area contributed by atoms with E-state index in [0.29, 0.717) is 10.9 Å². The molecule has 36 heavy (non-hydrogen) atoms. The fourth-order valence-corrected chi connectivity index (χ4v) is 4.10. The Morgan fingerprint density at radius 3 is 2.06 bits per heavy atom. The SMILES string of the molecule is S=C(Nc1ccccc1)Nc1ccc(Nc2nc(/C=C/c3ccc(Br)cc3)nc3ccccc23)cc1. The second-order valence-electron chi connectivity index (χ2n) is 7.98. The molecule has 5 nitrogen and oxygen atoms in total. The Morgan fingerprint density at radius 2 is 1.31 bits per heavy atom. The number of nitrogens with zero attached hydrogens (tertiary/aromatic N) is 2. The van der Waals surface area contributed by atoms with Crippen molar-refractivity contribution in [2.45, 2.75) is 0 Å². The summed E-state index contributed by atoms with van der Waals surface area (Å²) in [5, 5.41) is 11.3. The molecule has 5 rings (SSSR count). The first-order valence-electron chi connectivity index (χ1n) is 11.3. The first kappa shape index (κ1) is 23.7. The fourth-order valence-electron chi connectivity index (χ4n) is 3.60. The Labute approximate surface area is 223 Å². The molecule has 0 aliphatic carbocycles. The van der Waals surface area contributed by atoms with E-state index in [1.165, 1.54) is 0 Å². The highest BCUT2D eigenvalue weighted by Crippen LogP contribution is 2.25. The molecular formula is C29H22BrN5S. The number of nitrogens with one attached hydrogen (secondary N) is 3. The van der Waals surface area contributed by atoms with Gasteiger partial charge in [0, 0.05) is 26.9 Å². The minimum Gasteiger partial charge on any atom is -0.340 e. The van der Waals surface area contributed by atoms with Crippen molar-refractivity contribution in [2.75, 3.05) is 16.0 Å². The number of anilines is 4. The zero-order chi connectivity index (χ0) is 24.7. The molecule has 4 aromatic carbocycles. The minimum atomic E-state index is 0.533. The smallest absolute Gasteiger partial charge is 0.175 e. The van der Waals surface area contributed by atoms with E-state index in [9.17, 15) is 0 Å². The van der Waals surface area contributed by atoms with E-state index < -0.39 is 0 Å².